The van der Waals surface area contributed by atoms with Crippen molar-refractivity contribution in [3.63, 3.8) is 0 Å². The van der Waals surface area contributed by atoms with Gasteiger partial charge in [0.1, 0.15) is 5.82 Å². The van der Waals surface area contributed by atoms with E-state index in [0.29, 0.717) is 6.04 Å². The lowest BCUT2D eigenvalue weighted by atomic mass is 9.74. The number of nitrogens with zero attached hydrogens (tertiary/aromatic N) is 2. The van der Waals surface area contributed by atoms with E-state index in [9.17, 15) is 0 Å². The molecule has 1 aromatic carbocycles. The average Bonchev–Trinajstić information content (AvgIpc) is 3.32. The first-order valence-electron chi connectivity index (χ1n) is 9.46. The molecular formula is C20H28N4O. The minimum atomic E-state index is 0.130. The molecule has 2 aliphatic heterocycles. The fraction of sp³-hybridized carbons (Fsp3) is 0.550. The summed E-state index contributed by atoms with van der Waals surface area (Å²) >= 11 is 0. The Morgan fingerprint density at radius 2 is 2.00 bits per heavy atom. The fourth-order valence-electron chi connectivity index (χ4n) is 4.24. The van der Waals surface area contributed by atoms with Crippen molar-refractivity contribution in [2.24, 2.45) is 0 Å². The van der Waals surface area contributed by atoms with E-state index in [-0.39, 0.29) is 11.5 Å². The fourth-order valence-corrected chi connectivity index (χ4v) is 4.24. The first-order chi connectivity index (χ1) is 12.3. The van der Waals surface area contributed by atoms with Crippen LogP contribution in [0.25, 0.3) is 0 Å². The van der Waals surface area contributed by atoms with E-state index in [1.807, 2.05) is 6.20 Å². The Labute approximate surface area is 149 Å². The highest BCUT2D eigenvalue weighted by Gasteiger charge is 2.36. The van der Waals surface area contributed by atoms with E-state index in [4.69, 9.17) is 4.74 Å². The van der Waals surface area contributed by atoms with Crippen molar-refractivity contribution in [2.45, 2.75) is 56.7 Å². The number of benzene rings is 1. The van der Waals surface area contributed by atoms with Gasteiger partial charge in [0, 0.05) is 43.6 Å². The molecule has 2 unspecified atom stereocenters. The summed E-state index contributed by atoms with van der Waals surface area (Å²) in [6, 6.07) is 11.7. The molecule has 0 saturated carbocycles. The van der Waals surface area contributed by atoms with Gasteiger partial charge in [-0.05, 0) is 31.2 Å². The van der Waals surface area contributed by atoms with E-state index in [1.165, 1.54) is 5.56 Å². The van der Waals surface area contributed by atoms with Crippen LogP contribution in [-0.2, 0) is 16.7 Å². The zero-order chi connectivity index (χ0) is 17.1. The molecule has 3 heterocycles. The topological polar surface area (TPSA) is 51.1 Å². The lowest BCUT2D eigenvalue weighted by Crippen LogP contribution is -2.39. The summed E-state index contributed by atoms with van der Waals surface area (Å²) in [6.45, 7) is 4.85. The van der Waals surface area contributed by atoms with Crippen LogP contribution in [0, 0.1) is 0 Å². The zero-order valence-corrected chi connectivity index (χ0v) is 14.9. The summed E-state index contributed by atoms with van der Waals surface area (Å²) in [5.41, 5.74) is 8.37. The molecule has 2 aromatic rings. The van der Waals surface area contributed by atoms with Gasteiger partial charge in [-0.2, -0.15) is 0 Å². The molecule has 5 heteroatoms. The van der Waals surface area contributed by atoms with E-state index < -0.39 is 0 Å². The highest BCUT2D eigenvalue weighted by atomic mass is 16.5. The maximum Gasteiger partial charge on any atom is 0.127 e. The van der Waals surface area contributed by atoms with E-state index in [2.05, 4.69) is 63.9 Å². The second kappa shape index (κ2) is 7.28. The van der Waals surface area contributed by atoms with Crippen molar-refractivity contribution in [2.75, 3.05) is 13.2 Å². The highest BCUT2D eigenvalue weighted by molar-refractivity contribution is 5.26. The zero-order valence-electron chi connectivity index (χ0n) is 14.9. The summed E-state index contributed by atoms with van der Waals surface area (Å²) in [5, 5.41) is 0. The van der Waals surface area contributed by atoms with Gasteiger partial charge in [0.05, 0.1) is 6.04 Å². The maximum atomic E-state index is 5.68. The van der Waals surface area contributed by atoms with Crippen LogP contribution < -0.4 is 10.9 Å². The van der Waals surface area contributed by atoms with Crippen LogP contribution in [0.1, 0.15) is 50.0 Å². The van der Waals surface area contributed by atoms with Crippen molar-refractivity contribution >= 4 is 0 Å². The van der Waals surface area contributed by atoms with Crippen LogP contribution >= 0.6 is 0 Å². The van der Waals surface area contributed by atoms with Gasteiger partial charge in [-0.15, -0.1) is 0 Å². The number of imidazole rings is 1. The summed E-state index contributed by atoms with van der Waals surface area (Å²) in [5.74, 6) is 1.14. The van der Waals surface area contributed by atoms with Crippen molar-refractivity contribution in [1.82, 2.24) is 20.4 Å². The molecular weight excluding hydrogens is 312 g/mol. The lowest BCUT2D eigenvalue weighted by Gasteiger charge is -2.38. The third-order valence-electron chi connectivity index (χ3n) is 5.84. The molecule has 4 rings (SSSR count). The quantitative estimate of drug-likeness (QED) is 0.879. The van der Waals surface area contributed by atoms with Crippen molar-refractivity contribution in [3.05, 3.63) is 54.1 Å². The molecule has 0 amide bonds. The number of aromatic nitrogens is 2. The smallest absolute Gasteiger partial charge is 0.127 e. The van der Waals surface area contributed by atoms with Gasteiger partial charge >= 0.3 is 0 Å². The summed E-state index contributed by atoms with van der Waals surface area (Å²) in [7, 11) is 0. The molecule has 2 fully saturated rings. The number of hydrazine groups is 1. The van der Waals surface area contributed by atoms with Gasteiger partial charge < -0.3 is 9.30 Å². The summed E-state index contributed by atoms with van der Waals surface area (Å²) in [6.07, 6.45) is 8.42. The highest BCUT2D eigenvalue weighted by Crippen LogP contribution is 2.37. The van der Waals surface area contributed by atoms with Gasteiger partial charge in [-0.3, -0.25) is 5.43 Å². The molecule has 2 N–H and O–H groups in total. The van der Waals surface area contributed by atoms with Crippen LogP contribution in [0.3, 0.4) is 0 Å². The van der Waals surface area contributed by atoms with Crippen molar-refractivity contribution in [3.8, 4) is 0 Å². The normalized spacial score (nSPS) is 26.0. The number of ether oxygens (including phenoxy) is 1. The summed E-state index contributed by atoms with van der Waals surface area (Å²) < 4.78 is 8.03. The van der Waals surface area contributed by atoms with Crippen molar-refractivity contribution in [1.29, 1.82) is 0 Å². The molecule has 1 aromatic heterocycles. The number of hydrogen-bond donors (Lipinski definition) is 2. The van der Waals surface area contributed by atoms with Crippen LogP contribution in [0.4, 0.5) is 0 Å². The Kier molecular flexibility index (Phi) is 4.88. The van der Waals surface area contributed by atoms with Crippen LogP contribution in [0.2, 0.25) is 0 Å². The van der Waals surface area contributed by atoms with Gasteiger partial charge in [-0.1, -0.05) is 37.3 Å². The Bertz CT molecular complexity index is 678. The first-order valence-corrected chi connectivity index (χ1v) is 9.46. The number of rotatable bonds is 5. The molecule has 134 valence electrons. The van der Waals surface area contributed by atoms with Gasteiger partial charge in [0.2, 0.25) is 0 Å². The molecule has 0 spiro atoms. The van der Waals surface area contributed by atoms with Gasteiger partial charge in [-0.25, -0.2) is 10.4 Å². The molecule has 0 aliphatic carbocycles. The van der Waals surface area contributed by atoms with Crippen LogP contribution in [0.15, 0.2) is 42.7 Å². The molecule has 2 saturated heterocycles. The molecule has 5 nitrogen and oxygen atoms in total. The lowest BCUT2D eigenvalue weighted by molar-refractivity contribution is 0.0430. The first kappa shape index (κ1) is 16.8. The van der Waals surface area contributed by atoms with E-state index in [1.54, 1.807) is 0 Å². The number of nitrogens with one attached hydrogen (secondary N) is 2. The van der Waals surface area contributed by atoms with Gasteiger partial charge in [0.15, 0.2) is 0 Å². The SMILES string of the molecule is CCC1CC(c2nccn2CC2(c3ccccc3)CCOCC2)NN1. The maximum absolute atomic E-state index is 5.68. The minimum Gasteiger partial charge on any atom is -0.381 e. The minimum absolute atomic E-state index is 0.130. The number of hydrogen-bond acceptors (Lipinski definition) is 4. The van der Waals surface area contributed by atoms with Gasteiger partial charge in [0.25, 0.3) is 0 Å². The third-order valence-corrected chi connectivity index (χ3v) is 5.84. The molecule has 25 heavy (non-hydrogen) atoms. The molecule has 2 atom stereocenters. The summed E-state index contributed by atoms with van der Waals surface area (Å²) in [4.78, 5) is 4.69. The second-order valence-corrected chi connectivity index (χ2v) is 7.35. The van der Waals surface area contributed by atoms with Crippen LogP contribution in [0.5, 0.6) is 0 Å². The standard InChI is InChI=1S/C20H28N4O/c1-2-17-14-18(23-22-17)19-21-10-11-24(19)15-20(8-12-25-13-9-20)16-6-4-3-5-7-16/h3-7,10-11,17-18,22-23H,2,8-9,12-15H2,1H3. The Morgan fingerprint density at radius 3 is 2.72 bits per heavy atom. The van der Waals surface area contributed by atoms with E-state index in [0.717, 1.165) is 51.3 Å². The average molecular weight is 340 g/mol. The van der Waals surface area contributed by atoms with Crippen molar-refractivity contribution < 1.29 is 4.74 Å². The van der Waals surface area contributed by atoms with Crippen LogP contribution in [-0.4, -0.2) is 28.8 Å². The Hall–Kier alpha value is -1.69. The molecule has 0 bridgehead atoms. The Morgan fingerprint density at radius 1 is 1.20 bits per heavy atom. The predicted molar refractivity (Wildman–Crippen MR) is 98.1 cm³/mol. The largest absolute Gasteiger partial charge is 0.381 e. The predicted octanol–water partition coefficient (Wildman–Crippen LogP) is 2.95. The molecule has 2 aliphatic rings. The monoisotopic (exact) mass is 340 g/mol. The van der Waals surface area contributed by atoms with E-state index >= 15 is 0 Å². The second-order valence-electron chi connectivity index (χ2n) is 7.35. The molecule has 0 radical (unpaired) electrons. The third kappa shape index (κ3) is 3.36. The Balaban J connectivity index is 1.61.